The Morgan fingerprint density at radius 1 is 1.17 bits per heavy atom. The van der Waals surface area contributed by atoms with Gasteiger partial charge in [-0.25, -0.2) is 4.98 Å². The zero-order valence-electron chi connectivity index (χ0n) is 17.5. The molecule has 2 aromatic rings. The first kappa shape index (κ1) is 18.9. The monoisotopic (exact) mass is 396 g/mol. The standard InChI is InChI=1S/C23H32N4O2/c1-17-24-19-6-5-7-20(21(19)25-17)27-14-12-26(13-15-27)11-8-18-16-23(22(28)29-18)9-3-2-4-10-23/h5-7,18H,2-4,8-16H2,1H3,(H,24,25). The van der Waals surface area contributed by atoms with E-state index in [0.29, 0.717) is 0 Å². The molecule has 1 aliphatic carbocycles. The fourth-order valence-corrected chi connectivity index (χ4v) is 5.57. The summed E-state index contributed by atoms with van der Waals surface area (Å²) in [6.07, 6.45) is 7.78. The number of carbonyl (C=O) groups is 1. The molecule has 1 spiro atoms. The number of para-hydroxylation sites is 1. The molecule has 0 radical (unpaired) electrons. The topological polar surface area (TPSA) is 61.5 Å². The first-order valence-electron chi connectivity index (χ1n) is 11.3. The van der Waals surface area contributed by atoms with Gasteiger partial charge in [0.05, 0.1) is 16.6 Å². The number of hydrogen-bond acceptors (Lipinski definition) is 5. The molecule has 0 bridgehead atoms. The Morgan fingerprint density at radius 2 is 1.97 bits per heavy atom. The van der Waals surface area contributed by atoms with Crippen LogP contribution in [0.3, 0.4) is 0 Å². The third kappa shape index (κ3) is 3.63. The SMILES string of the molecule is Cc1nc2c(N3CCN(CCC4CC5(CCCCC5)C(=O)O4)CC3)cccc2[nH]1. The summed E-state index contributed by atoms with van der Waals surface area (Å²) in [7, 11) is 0. The minimum Gasteiger partial charge on any atom is -0.462 e. The van der Waals surface area contributed by atoms with Crippen molar-refractivity contribution >= 4 is 22.7 Å². The van der Waals surface area contributed by atoms with Gasteiger partial charge in [0.15, 0.2) is 0 Å². The highest BCUT2D eigenvalue weighted by Gasteiger charge is 2.48. The average molecular weight is 397 g/mol. The lowest BCUT2D eigenvalue weighted by molar-refractivity contribution is -0.150. The van der Waals surface area contributed by atoms with Crippen LogP contribution in [0.2, 0.25) is 0 Å². The van der Waals surface area contributed by atoms with Crippen LogP contribution in [0.5, 0.6) is 0 Å². The molecular formula is C23H32N4O2. The van der Waals surface area contributed by atoms with Gasteiger partial charge in [-0.3, -0.25) is 9.69 Å². The van der Waals surface area contributed by atoms with Gasteiger partial charge in [-0.1, -0.05) is 25.3 Å². The van der Waals surface area contributed by atoms with Crippen LogP contribution < -0.4 is 4.90 Å². The number of imidazole rings is 1. The number of hydrogen-bond donors (Lipinski definition) is 1. The van der Waals surface area contributed by atoms with Crippen molar-refractivity contribution in [1.82, 2.24) is 14.9 Å². The quantitative estimate of drug-likeness (QED) is 0.800. The largest absolute Gasteiger partial charge is 0.462 e. The van der Waals surface area contributed by atoms with Gasteiger partial charge >= 0.3 is 5.97 Å². The van der Waals surface area contributed by atoms with E-state index in [-0.39, 0.29) is 17.5 Å². The number of nitrogens with zero attached hydrogens (tertiary/aromatic N) is 3. The molecule has 1 atom stereocenters. The van der Waals surface area contributed by atoms with Crippen LogP contribution >= 0.6 is 0 Å². The first-order valence-corrected chi connectivity index (χ1v) is 11.3. The van der Waals surface area contributed by atoms with Crippen molar-refractivity contribution in [2.45, 2.75) is 58.0 Å². The highest BCUT2D eigenvalue weighted by atomic mass is 16.6. The van der Waals surface area contributed by atoms with Gasteiger partial charge in [-0.2, -0.15) is 0 Å². The lowest BCUT2D eigenvalue weighted by Crippen LogP contribution is -2.47. The van der Waals surface area contributed by atoms with E-state index in [1.165, 1.54) is 24.9 Å². The molecule has 3 fully saturated rings. The summed E-state index contributed by atoms with van der Waals surface area (Å²) in [6.45, 7) is 7.15. The van der Waals surface area contributed by atoms with Crippen molar-refractivity contribution in [3.05, 3.63) is 24.0 Å². The minimum absolute atomic E-state index is 0.0920. The summed E-state index contributed by atoms with van der Waals surface area (Å²) < 4.78 is 5.80. The number of aromatic nitrogens is 2. The maximum absolute atomic E-state index is 12.5. The second-order valence-corrected chi connectivity index (χ2v) is 9.19. The number of rotatable bonds is 4. The van der Waals surface area contributed by atoms with E-state index in [4.69, 9.17) is 4.74 Å². The number of aromatic amines is 1. The van der Waals surface area contributed by atoms with Crippen LogP contribution in [0.25, 0.3) is 11.0 Å². The number of carbonyl (C=O) groups excluding carboxylic acids is 1. The van der Waals surface area contributed by atoms with Crippen molar-refractivity contribution in [3.63, 3.8) is 0 Å². The van der Waals surface area contributed by atoms with E-state index in [9.17, 15) is 4.79 Å². The maximum atomic E-state index is 12.5. The van der Waals surface area contributed by atoms with Gasteiger partial charge in [0.2, 0.25) is 0 Å². The zero-order chi connectivity index (χ0) is 19.8. The van der Waals surface area contributed by atoms with Crippen LogP contribution in [-0.4, -0.2) is 59.7 Å². The molecule has 3 heterocycles. The molecule has 1 unspecified atom stereocenters. The van der Waals surface area contributed by atoms with Crippen molar-refractivity contribution in [1.29, 1.82) is 0 Å². The van der Waals surface area contributed by atoms with Crippen molar-refractivity contribution in [2.75, 3.05) is 37.6 Å². The van der Waals surface area contributed by atoms with Gasteiger partial charge in [0.1, 0.15) is 17.4 Å². The molecule has 1 N–H and O–H groups in total. The molecular weight excluding hydrogens is 364 g/mol. The second kappa shape index (κ2) is 7.63. The van der Waals surface area contributed by atoms with Crippen LogP contribution in [0.15, 0.2) is 18.2 Å². The number of anilines is 1. The van der Waals surface area contributed by atoms with Gasteiger partial charge in [-0.15, -0.1) is 0 Å². The molecule has 156 valence electrons. The second-order valence-electron chi connectivity index (χ2n) is 9.19. The summed E-state index contributed by atoms with van der Waals surface area (Å²) >= 11 is 0. The van der Waals surface area contributed by atoms with E-state index < -0.39 is 0 Å². The number of ether oxygens (including phenoxy) is 1. The lowest BCUT2D eigenvalue weighted by Gasteiger charge is -2.36. The number of cyclic esters (lactones) is 1. The Bertz CT molecular complexity index is 878. The Balaban J connectivity index is 1.14. The molecule has 1 aromatic carbocycles. The number of esters is 1. The van der Waals surface area contributed by atoms with Gasteiger partial charge in [0.25, 0.3) is 0 Å². The third-order valence-corrected chi connectivity index (χ3v) is 7.23. The maximum Gasteiger partial charge on any atom is 0.312 e. The number of H-pyrrole nitrogens is 1. The fraction of sp³-hybridized carbons (Fsp3) is 0.652. The van der Waals surface area contributed by atoms with Gasteiger partial charge in [-0.05, 0) is 38.3 Å². The Kier molecular flexibility index (Phi) is 4.98. The highest BCUT2D eigenvalue weighted by molar-refractivity contribution is 5.89. The van der Waals surface area contributed by atoms with Crippen LogP contribution in [0.4, 0.5) is 5.69 Å². The van der Waals surface area contributed by atoms with E-state index >= 15 is 0 Å². The lowest BCUT2D eigenvalue weighted by atomic mass is 9.72. The minimum atomic E-state index is -0.137. The normalized spacial score (nSPS) is 25.1. The molecule has 2 aliphatic heterocycles. The summed E-state index contributed by atoms with van der Waals surface area (Å²) in [5, 5.41) is 0. The van der Waals surface area contributed by atoms with Crippen LogP contribution in [0.1, 0.15) is 50.8 Å². The Morgan fingerprint density at radius 3 is 2.76 bits per heavy atom. The zero-order valence-corrected chi connectivity index (χ0v) is 17.5. The van der Waals surface area contributed by atoms with Gasteiger partial charge in [0, 0.05) is 39.1 Å². The van der Waals surface area contributed by atoms with E-state index in [2.05, 4.69) is 38.0 Å². The number of aryl methyl sites for hydroxylation is 1. The molecule has 6 nitrogen and oxygen atoms in total. The number of piperazine rings is 1. The fourth-order valence-electron chi connectivity index (χ4n) is 5.57. The summed E-state index contributed by atoms with van der Waals surface area (Å²) in [6, 6.07) is 6.38. The van der Waals surface area contributed by atoms with Crippen molar-refractivity contribution < 1.29 is 9.53 Å². The Hall–Kier alpha value is -2.08. The molecule has 6 heteroatoms. The summed E-state index contributed by atoms with van der Waals surface area (Å²) in [4.78, 5) is 25.5. The average Bonchev–Trinajstić information content (AvgIpc) is 3.26. The van der Waals surface area contributed by atoms with Gasteiger partial charge < -0.3 is 14.6 Å². The van der Waals surface area contributed by atoms with Crippen molar-refractivity contribution in [3.8, 4) is 0 Å². The first-order chi connectivity index (χ1) is 14.1. The molecule has 29 heavy (non-hydrogen) atoms. The number of benzene rings is 1. The third-order valence-electron chi connectivity index (χ3n) is 7.23. The van der Waals surface area contributed by atoms with E-state index in [1.807, 2.05) is 6.92 Å². The van der Waals surface area contributed by atoms with Crippen molar-refractivity contribution in [2.24, 2.45) is 5.41 Å². The summed E-state index contributed by atoms with van der Waals surface area (Å²) in [5.41, 5.74) is 3.29. The summed E-state index contributed by atoms with van der Waals surface area (Å²) in [5.74, 6) is 1.06. The molecule has 5 rings (SSSR count). The van der Waals surface area contributed by atoms with E-state index in [1.54, 1.807) is 0 Å². The molecule has 0 amide bonds. The van der Waals surface area contributed by atoms with E-state index in [0.717, 1.165) is 75.3 Å². The smallest absolute Gasteiger partial charge is 0.312 e. The number of nitrogens with one attached hydrogen (secondary N) is 1. The molecule has 2 saturated heterocycles. The number of fused-ring (bicyclic) bond motifs is 1. The predicted octanol–water partition coefficient (Wildman–Crippen LogP) is 3.65. The molecule has 1 saturated carbocycles. The highest BCUT2D eigenvalue weighted by Crippen LogP contribution is 2.46. The molecule has 3 aliphatic rings. The predicted molar refractivity (Wildman–Crippen MR) is 114 cm³/mol. The van der Waals surface area contributed by atoms with Crippen LogP contribution in [-0.2, 0) is 9.53 Å². The molecule has 1 aromatic heterocycles. The van der Waals surface area contributed by atoms with Crippen LogP contribution in [0, 0.1) is 12.3 Å². The Labute approximate surface area is 172 Å².